The third kappa shape index (κ3) is 2.56. The standard InChI is InChI=1S/C13H22N4O/c1-10(2)17-8-5-14-11(12(17)18)16-7-6-15-13(3,4)9-16/h5,8,10,15H,6-7,9H2,1-4H3. The Morgan fingerprint density at radius 3 is 2.78 bits per heavy atom. The zero-order chi connectivity index (χ0) is 13.3. The summed E-state index contributed by atoms with van der Waals surface area (Å²) in [5.41, 5.74) is 0.0235. The van der Waals surface area contributed by atoms with Crippen LogP contribution in [0.1, 0.15) is 33.7 Å². The first-order valence-corrected chi connectivity index (χ1v) is 6.48. The molecule has 1 aromatic rings. The molecule has 5 heteroatoms. The van der Waals surface area contributed by atoms with Crippen LogP contribution in [0.3, 0.4) is 0 Å². The van der Waals surface area contributed by atoms with Gasteiger partial charge in [0.25, 0.3) is 5.56 Å². The molecule has 0 spiro atoms. The maximum atomic E-state index is 12.4. The lowest BCUT2D eigenvalue weighted by Gasteiger charge is -2.39. The van der Waals surface area contributed by atoms with E-state index in [2.05, 4.69) is 29.0 Å². The van der Waals surface area contributed by atoms with Crippen molar-refractivity contribution in [2.75, 3.05) is 24.5 Å². The van der Waals surface area contributed by atoms with Gasteiger partial charge in [0.15, 0.2) is 5.82 Å². The van der Waals surface area contributed by atoms with E-state index < -0.39 is 0 Å². The molecule has 5 nitrogen and oxygen atoms in total. The third-order valence-electron chi connectivity index (χ3n) is 3.28. The van der Waals surface area contributed by atoms with Crippen molar-refractivity contribution in [2.45, 2.75) is 39.3 Å². The summed E-state index contributed by atoms with van der Waals surface area (Å²) < 4.78 is 1.73. The first-order chi connectivity index (χ1) is 8.41. The van der Waals surface area contributed by atoms with Crippen LogP contribution in [-0.4, -0.2) is 34.7 Å². The molecule has 0 amide bonds. The van der Waals surface area contributed by atoms with Gasteiger partial charge < -0.3 is 14.8 Å². The molecule has 1 N–H and O–H groups in total. The SMILES string of the molecule is CC(C)n1ccnc(N2CCNC(C)(C)C2)c1=O. The monoisotopic (exact) mass is 250 g/mol. The highest BCUT2D eigenvalue weighted by molar-refractivity contribution is 5.37. The predicted octanol–water partition coefficient (Wildman–Crippen LogP) is 1.01. The molecular formula is C13H22N4O. The fourth-order valence-corrected chi connectivity index (χ4v) is 2.36. The Balaban J connectivity index is 2.34. The van der Waals surface area contributed by atoms with E-state index in [0.29, 0.717) is 5.82 Å². The average Bonchev–Trinajstić information content (AvgIpc) is 2.27. The van der Waals surface area contributed by atoms with Crippen LogP contribution in [0.25, 0.3) is 0 Å². The molecular weight excluding hydrogens is 228 g/mol. The number of piperazine rings is 1. The topological polar surface area (TPSA) is 50.2 Å². The molecule has 1 aromatic heterocycles. The van der Waals surface area contributed by atoms with Gasteiger partial charge in [-0.15, -0.1) is 0 Å². The quantitative estimate of drug-likeness (QED) is 0.851. The van der Waals surface area contributed by atoms with Crippen molar-refractivity contribution in [3.8, 4) is 0 Å². The average molecular weight is 250 g/mol. The molecule has 1 aliphatic heterocycles. The first-order valence-electron chi connectivity index (χ1n) is 6.48. The number of rotatable bonds is 2. The largest absolute Gasteiger partial charge is 0.349 e. The lowest BCUT2D eigenvalue weighted by molar-refractivity contribution is 0.350. The molecule has 1 aliphatic rings. The second-order valence-corrected chi connectivity index (χ2v) is 5.79. The fraction of sp³-hybridized carbons (Fsp3) is 0.692. The van der Waals surface area contributed by atoms with Crippen molar-refractivity contribution in [2.24, 2.45) is 0 Å². The summed E-state index contributed by atoms with van der Waals surface area (Å²) in [6, 6.07) is 0.162. The van der Waals surface area contributed by atoms with E-state index in [0.717, 1.165) is 19.6 Å². The molecule has 0 saturated carbocycles. The van der Waals surface area contributed by atoms with Crippen LogP contribution < -0.4 is 15.8 Å². The van der Waals surface area contributed by atoms with Crippen LogP contribution in [0.2, 0.25) is 0 Å². The molecule has 1 saturated heterocycles. The van der Waals surface area contributed by atoms with Crippen molar-refractivity contribution in [1.29, 1.82) is 0 Å². The molecule has 0 radical (unpaired) electrons. The predicted molar refractivity (Wildman–Crippen MR) is 73.2 cm³/mol. The second kappa shape index (κ2) is 4.72. The van der Waals surface area contributed by atoms with E-state index in [-0.39, 0.29) is 17.1 Å². The highest BCUT2D eigenvalue weighted by Crippen LogP contribution is 2.14. The lowest BCUT2D eigenvalue weighted by atomic mass is 10.0. The van der Waals surface area contributed by atoms with Crippen LogP contribution in [0.5, 0.6) is 0 Å². The number of hydrogen-bond acceptors (Lipinski definition) is 4. The minimum absolute atomic E-state index is 0.00481. The number of anilines is 1. The van der Waals surface area contributed by atoms with Crippen LogP contribution in [-0.2, 0) is 0 Å². The minimum Gasteiger partial charge on any atom is -0.349 e. The first kappa shape index (κ1) is 13.1. The molecule has 2 heterocycles. The minimum atomic E-state index is 0.00481. The maximum Gasteiger partial charge on any atom is 0.293 e. The summed E-state index contributed by atoms with van der Waals surface area (Å²) in [4.78, 5) is 18.7. The summed E-state index contributed by atoms with van der Waals surface area (Å²) in [5.74, 6) is 0.570. The Morgan fingerprint density at radius 1 is 1.44 bits per heavy atom. The highest BCUT2D eigenvalue weighted by Gasteiger charge is 2.28. The molecule has 18 heavy (non-hydrogen) atoms. The van der Waals surface area contributed by atoms with Gasteiger partial charge in [0.1, 0.15) is 0 Å². The van der Waals surface area contributed by atoms with Crippen molar-refractivity contribution in [3.05, 3.63) is 22.7 Å². The van der Waals surface area contributed by atoms with Gasteiger partial charge >= 0.3 is 0 Å². The van der Waals surface area contributed by atoms with E-state index in [1.54, 1.807) is 17.0 Å². The molecule has 0 unspecified atom stereocenters. The molecule has 2 rings (SSSR count). The lowest BCUT2D eigenvalue weighted by Crippen LogP contribution is -2.58. The zero-order valence-electron chi connectivity index (χ0n) is 11.6. The Kier molecular flexibility index (Phi) is 3.43. The third-order valence-corrected chi connectivity index (χ3v) is 3.28. The van der Waals surface area contributed by atoms with Gasteiger partial charge in [0.2, 0.25) is 0 Å². The Hall–Kier alpha value is -1.36. The molecule has 0 aromatic carbocycles. The maximum absolute atomic E-state index is 12.4. The summed E-state index contributed by atoms with van der Waals surface area (Å²) in [6.07, 6.45) is 3.47. The number of nitrogens with zero attached hydrogens (tertiary/aromatic N) is 3. The van der Waals surface area contributed by atoms with Crippen LogP contribution in [0.4, 0.5) is 5.82 Å². The van der Waals surface area contributed by atoms with Crippen molar-refractivity contribution in [1.82, 2.24) is 14.9 Å². The van der Waals surface area contributed by atoms with Gasteiger partial charge in [-0.2, -0.15) is 0 Å². The van der Waals surface area contributed by atoms with Crippen molar-refractivity contribution < 1.29 is 0 Å². The van der Waals surface area contributed by atoms with Gasteiger partial charge in [0, 0.05) is 43.6 Å². The van der Waals surface area contributed by atoms with Crippen LogP contribution >= 0.6 is 0 Å². The van der Waals surface area contributed by atoms with E-state index in [1.807, 2.05) is 13.8 Å². The fourth-order valence-electron chi connectivity index (χ4n) is 2.36. The van der Waals surface area contributed by atoms with Gasteiger partial charge in [-0.05, 0) is 27.7 Å². The Morgan fingerprint density at radius 2 is 2.17 bits per heavy atom. The molecule has 0 aliphatic carbocycles. The second-order valence-electron chi connectivity index (χ2n) is 5.79. The smallest absolute Gasteiger partial charge is 0.293 e. The number of aromatic nitrogens is 2. The zero-order valence-corrected chi connectivity index (χ0v) is 11.6. The number of hydrogen-bond donors (Lipinski definition) is 1. The summed E-state index contributed by atoms with van der Waals surface area (Å²) in [7, 11) is 0. The van der Waals surface area contributed by atoms with Crippen molar-refractivity contribution >= 4 is 5.82 Å². The van der Waals surface area contributed by atoms with Gasteiger partial charge in [-0.3, -0.25) is 4.79 Å². The normalized spacial score (nSPS) is 19.3. The van der Waals surface area contributed by atoms with E-state index in [1.165, 1.54) is 0 Å². The van der Waals surface area contributed by atoms with Crippen LogP contribution in [0, 0.1) is 0 Å². The van der Waals surface area contributed by atoms with Crippen molar-refractivity contribution in [3.63, 3.8) is 0 Å². The summed E-state index contributed by atoms with van der Waals surface area (Å²) in [5, 5.41) is 3.44. The van der Waals surface area contributed by atoms with Gasteiger partial charge in [0.05, 0.1) is 0 Å². The summed E-state index contributed by atoms with van der Waals surface area (Å²) in [6.45, 7) is 10.8. The molecule has 1 fully saturated rings. The Labute approximate surface area is 108 Å². The van der Waals surface area contributed by atoms with E-state index in [4.69, 9.17) is 0 Å². The summed E-state index contributed by atoms with van der Waals surface area (Å²) >= 11 is 0. The van der Waals surface area contributed by atoms with Gasteiger partial charge in [-0.1, -0.05) is 0 Å². The van der Waals surface area contributed by atoms with Gasteiger partial charge in [-0.25, -0.2) is 4.98 Å². The molecule has 0 bridgehead atoms. The highest BCUT2D eigenvalue weighted by atomic mass is 16.1. The van der Waals surface area contributed by atoms with E-state index >= 15 is 0 Å². The molecule has 100 valence electrons. The Bertz CT molecular complexity index is 478. The molecule has 0 atom stereocenters. The number of nitrogens with one attached hydrogen (secondary N) is 1. The van der Waals surface area contributed by atoms with Crippen LogP contribution in [0.15, 0.2) is 17.2 Å². The van der Waals surface area contributed by atoms with E-state index in [9.17, 15) is 4.79 Å².